The summed E-state index contributed by atoms with van der Waals surface area (Å²) < 4.78 is 26.2. The maximum Gasteiger partial charge on any atom is 0.410 e. The highest BCUT2D eigenvalue weighted by Gasteiger charge is 2.27. The topological polar surface area (TPSA) is 97.0 Å². The number of rotatable bonds is 8. The number of fused-ring (bicyclic) bond motifs is 1. The SMILES string of the molecule is CSCC[C@H](NC(=O)OCc1ccccc1)C(=O)Nc1ccc2c(c1F)CCCN(C(=O)OC(C)(C)C)C2. The highest BCUT2D eigenvalue weighted by Crippen LogP contribution is 2.28. The van der Waals surface area contributed by atoms with Crippen LogP contribution in [-0.4, -0.2) is 53.2 Å². The van der Waals surface area contributed by atoms with Gasteiger partial charge in [-0.15, -0.1) is 0 Å². The summed E-state index contributed by atoms with van der Waals surface area (Å²) in [5.41, 5.74) is 1.37. The maximum absolute atomic E-state index is 15.5. The lowest BCUT2D eigenvalue weighted by atomic mass is 10.0. The molecule has 38 heavy (non-hydrogen) atoms. The van der Waals surface area contributed by atoms with Crippen LogP contribution in [0.25, 0.3) is 0 Å². The number of nitrogens with zero attached hydrogens (tertiary/aromatic N) is 1. The average Bonchev–Trinajstić information content (AvgIpc) is 3.10. The number of anilines is 1. The van der Waals surface area contributed by atoms with Gasteiger partial charge < -0.3 is 25.0 Å². The van der Waals surface area contributed by atoms with Crippen molar-refractivity contribution in [2.24, 2.45) is 0 Å². The molecular weight excluding hydrogens is 509 g/mol. The zero-order valence-electron chi connectivity index (χ0n) is 22.3. The molecule has 1 heterocycles. The molecule has 3 rings (SSSR count). The molecule has 206 valence electrons. The first-order valence-electron chi connectivity index (χ1n) is 12.6. The van der Waals surface area contributed by atoms with Crippen LogP contribution in [0.1, 0.15) is 50.3 Å². The van der Waals surface area contributed by atoms with Crippen molar-refractivity contribution in [2.45, 2.75) is 64.8 Å². The number of amides is 3. The third-order valence-electron chi connectivity index (χ3n) is 5.90. The molecule has 1 aliphatic rings. The summed E-state index contributed by atoms with van der Waals surface area (Å²) in [6.45, 7) is 6.14. The Balaban J connectivity index is 1.67. The molecule has 0 unspecified atom stereocenters. The summed E-state index contributed by atoms with van der Waals surface area (Å²) >= 11 is 1.53. The summed E-state index contributed by atoms with van der Waals surface area (Å²) in [6, 6.07) is 11.5. The summed E-state index contributed by atoms with van der Waals surface area (Å²) in [7, 11) is 0. The highest BCUT2D eigenvalue weighted by atomic mass is 32.2. The quantitative estimate of drug-likeness (QED) is 0.455. The molecule has 8 nitrogen and oxygen atoms in total. The second kappa shape index (κ2) is 13.5. The number of carbonyl (C=O) groups is 3. The lowest BCUT2D eigenvalue weighted by Crippen LogP contribution is -2.44. The zero-order valence-corrected chi connectivity index (χ0v) is 23.2. The van der Waals surface area contributed by atoms with Crippen LogP contribution in [0.5, 0.6) is 0 Å². The monoisotopic (exact) mass is 545 g/mol. The number of thioether (sulfide) groups is 1. The molecule has 0 aliphatic carbocycles. The number of nitrogens with one attached hydrogen (secondary N) is 2. The molecule has 0 saturated carbocycles. The van der Waals surface area contributed by atoms with Crippen LogP contribution in [0, 0.1) is 5.82 Å². The van der Waals surface area contributed by atoms with Crippen LogP contribution in [0.2, 0.25) is 0 Å². The van der Waals surface area contributed by atoms with E-state index in [0.29, 0.717) is 42.7 Å². The van der Waals surface area contributed by atoms with Crippen molar-refractivity contribution < 1.29 is 28.2 Å². The fourth-order valence-corrected chi connectivity index (χ4v) is 4.49. The third kappa shape index (κ3) is 8.65. The van der Waals surface area contributed by atoms with Gasteiger partial charge in [0.1, 0.15) is 24.1 Å². The second-order valence-corrected chi connectivity index (χ2v) is 11.1. The number of hydrogen-bond acceptors (Lipinski definition) is 6. The molecule has 0 radical (unpaired) electrons. The molecule has 2 N–H and O–H groups in total. The number of benzene rings is 2. The van der Waals surface area contributed by atoms with E-state index in [4.69, 9.17) is 9.47 Å². The minimum atomic E-state index is -0.897. The largest absolute Gasteiger partial charge is 0.445 e. The molecular formula is C28H36FN3O5S. The fourth-order valence-electron chi connectivity index (χ4n) is 4.02. The first-order chi connectivity index (χ1) is 18.1. The van der Waals surface area contributed by atoms with Gasteiger partial charge in [0.15, 0.2) is 0 Å². The smallest absolute Gasteiger partial charge is 0.410 e. The van der Waals surface area contributed by atoms with Crippen molar-refractivity contribution in [3.05, 3.63) is 65.0 Å². The first kappa shape index (κ1) is 29.3. The van der Waals surface area contributed by atoms with E-state index in [9.17, 15) is 14.4 Å². The normalized spacial score (nSPS) is 14.1. The van der Waals surface area contributed by atoms with Gasteiger partial charge in [0.2, 0.25) is 5.91 Å². The van der Waals surface area contributed by atoms with Crippen molar-refractivity contribution >= 4 is 35.5 Å². The Hall–Kier alpha value is -3.27. The standard InChI is InChI=1S/C28H36FN3O5S/c1-28(2,3)37-27(35)32-15-8-11-21-20(17-32)12-13-22(24(21)29)30-25(33)23(14-16-38-4)31-26(34)36-18-19-9-6-5-7-10-19/h5-7,9-10,12-13,23H,8,11,14-18H2,1-4H3,(H,30,33)(H,31,34)/t23-/m0/s1. The number of halogens is 1. The van der Waals surface area contributed by atoms with Gasteiger partial charge in [-0.05, 0) is 74.8 Å². The van der Waals surface area contributed by atoms with Gasteiger partial charge in [-0.3, -0.25) is 4.79 Å². The molecule has 2 aromatic rings. The van der Waals surface area contributed by atoms with E-state index in [1.807, 2.05) is 36.6 Å². The zero-order chi connectivity index (χ0) is 27.7. The van der Waals surface area contributed by atoms with Crippen LogP contribution in [0.4, 0.5) is 19.7 Å². The first-order valence-corrected chi connectivity index (χ1v) is 14.0. The lowest BCUT2D eigenvalue weighted by molar-refractivity contribution is -0.118. The second-order valence-electron chi connectivity index (χ2n) is 10.1. The predicted molar refractivity (Wildman–Crippen MR) is 147 cm³/mol. The Kier molecular flexibility index (Phi) is 10.4. The van der Waals surface area contributed by atoms with Gasteiger partial charge in [0.05, 0.1) is 5.69 Å². The highest BCUT2D eigenvalue weighted by molar-refractivity contribution is 7.98. The van der Waals surface area contributed by atoms with E-state index in [2.05, 4.69) is 10.6 Å². The van der Waals surface area contributed by atoms with Gasteiger partial charge in [0, 0.05) is 13.1 Å². The van der Waals surface area contributed by atoms with E-state index in [-0.39, 0.29) is 18.8 Å². The molecule has 0 bridgehead atoms. The minimum absolute atomic E-state index is 0.0353. The number of hydrogen-bond donors (Lipinski definition) is 2. The van der Waals surface area contributed by atoms with Crippen LogP contribution >= 0.6 is 11.8 Å². The molecule has 1 atom stereocenters. The van der Waals surface area contributed by atoms with Crippen molar-refractivity contribution in [3.63, 3.8) is 0 Å². The Morgan fingerprint density at radius 2 is 1.87 bits per heavy atom. The Labute approximate surface area is 227 Å². The predicted octanol–water partition coefficient (Wildman–Crippen LogP) is 5.50. The number of alkyl carbamates (subject to hydrolysis) is 1. The Bertz CT molecular complexity index is 1120. The van der Waals surface area contributed by atoms with Crippen molar-refractivity contribution in [3.8, 4) is 0 Å². The van der Waals surface area contributed by atoms with E-state index in [1.54, 1.807) is 31.7 Å². The van der Waals surface area contributed by atoms with Crippen molar-refractivity contribution in [2.75, 3.05) is 23.9 Å². The summed E-state index contributed by atoms with van der Waals surface area (Å²) in [6.07, 6.45) is 2.07. The summed E-state index contributed by atoms with van der Waals surface area (Å²) in [5, 5.41) is 5.24. The molecule has 0 spiro atoms. The maximum atomic E-state index is 15.5. The van der Waals surface area contributed by atoms with E-state index < -0.39 is 35.6 Å². The molecule has 1 aliphatic heterocycles. The van der Waals surface area contributed by atoms with Gasteiger partial charge in [-0.2, -0.15) is 11.8 Å². The van der Waals surface area contributed by atoms with Crippen LogP contribution in [-0.2, 0) is 33.8 Å². The van der Waals surface area contributed by atoms with Gasteiger partial charge in [-0.1, -0.05) is 36.4 Å². The molecule has 0 saturated heterocycles. The molecule has 0 fully saturated rings. The fraction of sp³-hybridized carbons (Fsp3) is 0.464. The number of ether oxygens (including phenoxy) is 2. The minimum Gasteiger partial charge on any atom is -0.445 e. The van der Waals surface area contributed by atoms with E-state index in [0.717, 1.165) is 5.56 Å². The van der Waals surface area contributed by atoms with E-state index >= 15 is 4.39 Å². The molecule has 3 amide bonds. The van der Waals surface area contributed by atoms with Crippen molar-refractivity contribution in [1.29, 1.82) is 0 Å². The number of carbonyl (C=O) groups excluding carboxylic acids is 3. The van der Waals surface area contributed by atoms with Gasteiger partial charge in [-0.25, -0.2) is 14.0 Å². The third-order valence-corrected chi connectivity index (χ3v) is 6.54. The van der Waals surface area contributed by atoms with Gasteiger partial charge >= 0.3 is 12.2 Å². The van der Waals surface area contributed by atoms with Crippen LogP contribution in [0.15, 0.2) is 42.5 Å². The summed E-state index contributed by atoms with van der Waals surface area (Å²) in [4.78, 5) is 39.6. The Morgan fingerprint density at radius 1 is 1.13 bits per heavy atom. The van der Waals surface area contributed by atoms with Crippen LogP contribution < -0.4 is 10.6 Å². The average molecular weight is 546 g/mol. The Morgan fingerprint density at radius 3 is 2.55 bits per heavy atom. The van der Waals surface area contributed by atoms with Gasteiger partial charge in [0.25, 0.3) is 0 Å². The molecule has 10 heteroatoms. The van der Waals surface area contributed by atoms with Crippen molar-refractivity contribution in [1.82, 2.24) is 10.2 Å². The van der Waals surface area contributed by atoms with Crippen LogP contribution in [0.3, 0.4) is 0 Å². The lowest BCUT2D eigenvalue weighted by Gasteiger charge is -2.26. The molecule has 2 aromatic carbocycles. The summed E-state index contributed by atoms with van der Waals surface area (Å²) in [5.74, 6) is -0.444. The molecule has 0 aromatic heterocycles. The van der Waals surface area contributed by atoms with E-state index in [1.165, 1.54) is 17.8 Å².